The summed E-state index contributed by atoms with van der Waals surface area (Å²) >= 11 is 0. The number of nitrogen functional groups attached to an aromatic ring is 1. The fraction of sp³-hybridized carbons (Fsp3) is 0.600. The Morgan fingerprint density at radius 3 is 2.47 bits per heavy atom. The lowest BCUT2D eigenvalue weighted by atomic mass is 10.1. The van der Waals surface area contributed by atoms with Gasteiger partial charge < -0.3 is 20.5 Å². The van der Waals surface area contributed by atoms with Crippen LogP contribution in [-0.4, -0.2) is 42.9 Å². The van der Waals surface area contributed by atoms with E-state index in [1.165, 1.54) is 0 Å². The molecule has 0 aliphatic carbocycles. The van der Waals surface area contributed by atoms with Crippen molar-refractivity contribution < 1.29 is 9.84 Å². The monoisotopic (exact) mass is 266 g/mol. The minimum absolute atomic E-state index is 0.300. The standard InChI is InChI=1S/C15H26N2O2/c1-4-12(2)9-17(3)10-14(18)11-19-15-7-5-13(16)6-8-15/h5-8,12,14,18H,4,9-11,16H2,1-3H3. The third kappa shape index (κ3) is 6.45. The predicted octanol–water partition coefficient (Wildman–Crippen LogP) is 1.99. The summed E-state index contributed by atoms with van der Waals surface area (Å²) in [5.74, 6) is 1.38. The number of nitrogens with zero attached hydrogens (tertiary/aromatic N) is 1. The summed E-state index contributed by atoms with van der Waals surface area (Å²) in [7, 11) is 2.03. The van der Waals surface area contributed by atoms with E-state index in [2.05, 4.69) is 18.7 Å². The molecule has 1 rings (SSSR count). The largest absolute Gasteiger partial charge is 0.491 e. The number of aliphatic hydroxyl groups excluding tert-OH is 1. The van der Waals surface area contributed by atoms with Crippen molar-refractivity contribution in [3.05, 3.63) is 24.3 Å². The molecule has 4 nitrogen and oxygen atoms in total. The molecule has 2 atom stereocenters. The zero-order valence-corrected chi connectivity index (χ0v) is 12.2. The molecule has 0 bridgehead atoms. The van der Waals surface area contributed by atoms with Crippen molar-refractivity contribution in [3.63, 3.8) is 0 Å². The first-order chi connectivity index (χ1) is 9.01. The Bertz CT molecular complexity index is 354. The molecule has 2 unspecified atom stereocenters. The third-order valence-corrected chi connectivity index (χ3v) is 3.17. The Morgan fingerprint density at radius 1 is 1.26 bits per heavy atom. The number of nitrogens with two attached hydrogens (primary N) is 1. The maximum Gasteiger partial charge on any atom is 0.119 e. The maximum atomic E-state index is 9.93. The smallest absolute Gasteiger partial charge is 0.119 e. The highest BCUT2D eigenvalue weighted by Crippen LogP contribution is 2.13. The van der Waals surface area contributed by atoms with Crippen LogP contribution in [0, 0.1) is 5.92 Å². The van der Waals surface area contributed by atoms with Crippen molar-refractivity contribution in [2.75, 3.05) is 32.5 Å². The molecule has 0 radical (unpaired) electrons. The number of likely N-dealkylation sites (N-methyl/N-ethyl adjacent to an activating group) is 1. The average molecular weight is 266 g/mol. The molecule has 0 aliphatic rings. The Labute approximate surface area is 116 Å². The molecule has 19 heavy (non-hydrogen) atoms. The van der Waals surface area contributed by atoms with E-state index in [1.807, 2.05) is 19.2 Å². The van der Waals surface area contributed by atoms with Gasteiger partial charge in [0.25, 0.3) is 0 Å². The topological polar surface area (TPSA) is 58.7 Å². The van der Waals surface area contributed by atoms with Gasteiger partial charge in [0.1, 0.15) is 18.5 Å². The van der Waals surface area contributed by atoms with Crippen LogP contribution in [-0.2, 0) is 0 Å². The molecule has 108 valence electrons. The molecule has 0 spiro atoms. The van der Waals surface area contributed by atoms with Crippen molar-refractivity contribution in [3.8, 4) is 5.75 Å². The summed E-state index contributed by atoms with van der Waals surface area (Å²) in [5.41, 5.74) is 6.31. The Kier molecular flexibility index (Phi) is 6.67. The molecule has 4 heteroatoms. The van der Waals surface area contributed by atoms with E-state index < -0.39 is 6.10 Å². The molecule has 0 saturated carbocycles. The lowest BCUT2D eigenvalue weighted by Crippen LogP contribution is -2.35. The Balaban J connectivity index is 2.27. The molecule has 0 saturated heterocycles. The minimum Gasteiger partial charge on any atom is -0.491 e. The lowest BCUT2D eigenvalue weighted by molar-refractivity contribution is 0.0723. The van der Waals surface area contributed by atoms with Crippen LogP contribution in [0.5, 0.6) is 5.75 Å². The summed E-state index contributed by atoms with van der Waals surface area (Å²) in [6.45, 7) is 6.32. The van der Waals surface area contributed by atoms with Gasteiger partial charge in [-0.3, -0.25) is 0 Å². The maximum absolute atomic E-state index is 9.93. The second kappa shape index (κ2) is 8.02. The molecular weight excluding hydrogens is 240 g/mol. The highest BCUT2D eigenvalue weighted by molar-refractivity contribution is 5.41. The number of benzene rings is 1. The SMILES string of the molecule is CCC(C)CN(C)CC(O)COc1ccc(N)cc1. The van der Waals surface area contributed by atoms with E-state index in [-0.39, 0.29) is 0 Å². The first-order valence-corrected chi connectivity index (χ1v) is 6.86. The van der Waals surface area contributed by atoms with E-state index in [0.717, 1.165) is 18.7 Å². The summed E-state index contributed by atoms with van der Waals surface area (Å²) in [6, 6.07) is 7.20. The molecule has 0 aliphatic heterocycles. The number of aliphatic hydroxyl groups is 1. The lowest BCUT2D eigenvalue weighted by Gasteiger charge is -2.23. The zero-order chi connectivity index (χ0) is 14.3. The van der Waals surface area contributed by atoms with Gasteiger partial charge in [-0.25, -0.2) is 0 Å². The third-order valence-electron chi connectivity index (χ3n) is 3.17. The molecule has 0 fully saturated rings. The number of rotatable bonds is 8. The van der Waals surface area contributed by atoms with Crippen LogP contribution in [0.1, 0.15) is 20.3 Å². The van der Waals surface area contributed by atoms with Gasteiger partial charge in [0.2, 0.25) is 0 Å². The van der Waals surface area contributed by atoms with Gasteiger partial charge in [-0.15, -0.1) is 0 Å². The van der Waals surface area contributed by atoms with Crippen LogP contribution in [0.3, 0.4) is 0 Å². The van der Waals surface area contributed by atoms with E-state index in [4.69, 9.17) is 10.5 Å². The minimum atomic E-state index is -0.480. The van der Waals surface area contributed by atoms with E-state index >= 15 is 0 Å². The van der Waals surface area contributed by atoms with E-state index in [9.17, 15) is 5.11 Å². The second-order valence-electron chi connectivity index (χ2n) is 5.27. The van der Waals surface area contributed by atoms with Crippen LogP contribution >= 0.6 is 0 Å². The molecule has 3 N–H and O–H groups in total. The summed E-state index contributed by atoms with van der Waals surface area (Å²) in [6.07, 6.45) is 0.675. The van der Waals surface area contributed by atoms with Crippen LogP contribution < -0.4 is 10.5 Å². The van der Waals surface area contributed by atoms with E-state index in [1.54, 1.807) is 12.1 Å². The molecular formula is C15H26N2O2. The van der Waals surface area contributed by atoms with Crippen molar-refractivity contribution in [1.82, 2.24) is 4.90 Å². The highest BCUT2D eigenvalue weighted by atomic mass is 16.5. The summed E-state index contributed by atoms with van der Waals surface area (Å²) in [4.78, 5) is 2.14. The number of anilines is 1. The van der Waals surface area contributed by atoms with Gasteiger partial charge in [0, 0.05) is 18.8 Å². The summed E-state index contributed by atoms with van der Waals surface area (Å²) < 4.78 is 5.52. The van der Waals surface area contributed by atoms with Crippen molar-refractivity contribution in [2.24, 2.45) is 5.92 Å². The molecule has 1 aromatic rings. The van der Waals surface area contributed by atoms with Gasteiger partial charge in [-0.05, 0) is 37.2 Å². The average Bonchev–Trinajstić information content (AvgIpc) is 2.37. The first-order valence-electron chi connectivity index (χ1n) is 6.86. The van der Waals surface area contributed by atoms with Gasteiger partial charge in [0.05, 0.1) is 0 Å². The second-order valence-corrected chi connectivity index (χ2v) is 5.27. The fourth-order valence-corrected chi connectivity index (χ4v) is 1.90. The van der Waals surface area contributed by atoms with Crippen LogP contribution in [0.2, 0.25) is 0 Å². The van der Waals surface area contributed by atoms with Gasteiger partial charge >= 0.3 is 0 Å². The quantitative estimate of drug-likeness (QED) is 0.706. The first kappa shape index (κ1) is 15.8. The van der Waals surface area contributed by atoms with Gasteiger partial charge in [-0.1, -0.05) is 20.3 Å². The number of hydrogen-bond acceptors (Lipinski definition) is 4. The fourth-order valence-electron chi connectivity index (χ4n) is 1.90. The van der Waals surface area contributed by atoms with Gasteiger partial charge in [0.15, 0.2) is 0 Å². The molecule has 0 amide bonds. The molecule has 0 heterocycles. The normalized spacial score (nSPS) is 14.4. The molecule has 1 aromatic carbocycles. The number of ether oxygens (including phenoxy) is 1. The Hall–Kier alpha value is -1.26. The van der Waals surface area contributed by atoms with Gasteiger partial charge in [-0.2, -0.15) is 0 Å². The summed E-state index contributed by atoms with van der Waals surface area (Å²) in [5, 5.41) is 9.93. The number of hydrogen-bond donors (Lipinski definition) is 2. The highest BCUT2D eigenvalue weighted by Gasteiger charge is 2.11. The van der Waals surface area contributed by atoms with Crippen molar-refractivity contribution in [1.29, 1.82) is 0 Å². The predicted molar refractivity (Wildman–Crippen MR) is 79.3 cm³/mol. The van der Waals surface area contributed by atoms with Crippen LogP contribution in [0.4, 0.5) is 5.69 Å². The van der Waals surface area contributed by atoms with Crippen LogP contribution in [0.15, 0.2) is 24.3 Å². The van der Waals surface area contributed by atoms with Crippen LogP contribution in [0.25, 0.3) is 0 Å². The Morgan fingerprint density at radius 2 is 1.89 bits per heavy atom. The van der Waals surface area contributed by atoms with E-state index in [0.29, 0.717) is 24.8 Å². The van der Waals surface area contributed by atoms with Crippen molar-refractivity contribution >= 4 is 5.69 Å². The molecule has 0 aromatic heterocycles. The zero-order valence-electron chi connectivity index (χ0n) is 12.2. The van der Waals surface area contributed by atoms with Crippen molar-refractivity contribution in [2.45, 2.75) is 26.4 Å².